The van der Waals surface area contributed by atoms with Gasteiger partial charge in [-0.05, 0) is 150 Å². The molecule has 0 bridgehead atoms. The highest BCUT2D eigenvalue weighted by molar-refractivity contribution is 9.93. The lowest BCUT2D eigenvalue weighted by Crippen LogP contribution is -2.04. The summed E-state index contributed by atoms with van der Waals surface area (Å²) in [7, 11) is 0. The Hall–Kier alpha value is -4.35. The Kier molecular flexibility index (Phi) is 18.9. The molecule has 0 aliphatic heterocycles. The van der Waals surface area contributed by atoms with E-state index >= 15 is 0 Å². The van der Waals surface area contributed by atoms with E-state index in [2.05, 4.69) is 62.4 Å². The second-order valence-electron chi connectivity index (χ2n) is 11.9. The van der Waals surface area contributed by atoms with Crippen molar-refractivity contribution < 1.29 is 64.1 Å². The summed E-state index contributed by atoms with van der Waals surface area (Å²) >= 11 is 12.4. The Balaban J connectivity index is 0.000000233. The molecule has 0 saturated carbocycles. The van der Waals surface area contributed by atoms with Crippen molar-refractivity contribution in [3.63, 3.8) is 0 Å². The van der Waals surface area contributed by atoms with Gasteiger partial charge in [-0.1, -0.05) is 91.0 Å². The van der Waals surface area contributed by atoms with Crippen LogP contribution in [0.4, 0.5) is 39.5 Å². The van der Waals surface area contributed by atoms with E-state index in [0.29, 0.717) is 38.9 Å². The number of carboxylic acid groups (broad SMARTS) is 2. The highest BCUT2D eigenvalue weighted by Crippen LogP contribution is 2.59. The zero-order valence-electron chi connectivity index (χ0n) is 30.3. The van der Waals surface area contributed by atoms with Crippen molar-refractivity contribution in [3.05, 3.63) is 179 Å². The van der Waals surface area contributed by atoms with E-state index in [1.165, 1.54) is 48.5 Å². The first kappa shape index (κ1) is 51.0. The number of rotatable bonds is 6. The number of benzene rings is 6. The van der Waals surface area contributed by atoms with Gasteiger partial charge >= 0.3 is 30.5 Å². The summed E-state index contributed by atoms with van der Waals surface area (Å²) in [5, 5.41) is 18.1. The van der Waals surface area contributed by atoms with Gasteiger partial charge < -0.3 is 10.2 Å². The van der Waals surface area contributed by atoms with Crippen LogP contribution in [-0.2, 0) is 18.5 Å². The van der Waals surface area contributed by atoms with Crippen LogP contribution in [0.3, 0.4) is 0 Å². The van der Waals surface area contributed by atoms with Crippen LogP contribution in [0, 0.1) is 0 Å². The minimum atomic E-state index is -4.40. The van der Waals surface area contributed by atoms with Crippen molar-refractivity contribution in [2.75, 3.05) is 0 Å². The van der Waals surface area contributed by atoms with E-state index < -0.39 is 47.2 Å². The molecule has 320 valence electrons. The number of hydrogen-bond acceptors (Lipinski definition) is 3. The van der Waals surface area contributed by atoms with Crippen LogP contribution in [0.5, 0.6) is 0 Å². The van der Waals surface area contributed by atoms with Crippen LogP contribution >= 0.6 is 66.4 Å². The number of aromatic carboxylic acids is 2. The molecule has 0 unspecified atom stereocenters. The van der Waals surface area contributed by atoms with Gasteiger partial charge in [0.1, 0.15) is 4.03 Å². The molecule has 5 nitrogen and oxygen atoms in total. The van der Waals surface area contributed by atoms with Gasteiger partial charge in [0.15, 0.2) is 0 Å². The summed E-state index contributed by atoms with van der Waals surface area (Å²) in [5.74, 6) is -2.23. The normalized spacial score (nSPS) is 11.2. The van der Waals surface area contributed by atoms with Crippen molar-refractivity contribution in [1.29, 1.82) is 0 Å². The maximum atomic E-state index is 12.5. The van der Waals surface area contributed by atoms with Gasteiger partial charge in [-0.15, -0.1) is 0 Å². The second kappa shape index (κ2) is 22.7. The summed E-state index contributed by atoms with van der Waals surface area (Å²) in [6.45, 7) is 0. The minimum Gasteiger partial charge on any atom is -0.478 e. The summed E-state index contributed by atoms with van der Waals surface area (Å²) in [6, 6.07) is 32.6. The Bertz CT molecular complexity index is 2140. The van der Waals surface area contributed by atoms with Gasteiger partial charge in [0.05, 0.1) is 27.8 Å². The highest BCUT2D eigenvalue weighted by atomic mass is 80.0. The Morgan fingerprint density at radius 3 is 0.820 bits per heavy atom. The van der Waals surface area contributed by atoms with Crippen LogP contribution in [0.2, 0.25) is 0 Å². The van der Waals surface area contributed by atoms with Crippen molar-refractivity contribution in [2.24, 2.45) is 0 Å². The SMILES string of the molecule is BrP(Br)Br.O=C(Br)c1ccccc1-c1ccc(C(F)(F)F)cc1.O=C(O)c1ccccc1-c1ccc(C(F)(F)F)cc1.O=C(O)c1ccccc1-c1ccc(C(F)(F)F)cc1. The molecule has 0 aliphatic rings. The molecule has 19 heteroatoms. The fourth-order valence-corrected chi connectivity index (χ4v) is 5.61. The molecule has 0 saturated heterocycles. The minimum absolute atomic E-state index is 0.0576. The monoisotopic (exact) mass is 1130 g/mol. The van der Waals surface area contributed by atoms with Crippen molar-refractivity contribution in [1.82, 2.24) is 0 Å². The van der Waals surface area contributed by atoms with Gasteiger partial charge in [0.2, 0.25) is 4.69 Å². The first-order chi connectivity index (χ1) is 28.4. The molecule has 0 aliphatic carbocycles. The maximum Gasteiger partial charge on any atom is 0.416 e. The molecule has 0 heterocycles. The Morgan fingerprint density at radius 2 is 0.607 bits per heavy atom. The van der Waals surface area contributed by atoms with Crippen LogP contribution in [0.25, 0.3) is 33.4 Å². The first-order valence-electron chi connectivity index (χ1n) is 16.7. The van der Waals surface area contributed by atoms with E-state index in [4.69, 9.17) is 10.2 Å². The predicted molar refractivity (Wildman–Crippen MR) is 232 cm³/mol. The summed E-state index contributed by atoms with van der Waals surface area (Å²) in [6.07, 6.45) is -13.2. The zero-order valence-corrected chi connectivity index (χ0v) is 37.6. The highest BCUT2D eigenvalue weighted by Gasteiger charge is 2.32. The predicted octanol–water partition coefficient (Wildman–Crippen LogP) is 16.4. The molecule has 0 aromatic heterocycles. The van der Waals surface area contributed by atoms with E-state index in [-0.39, 0.29) is 19.8 Å². The number of carbonyl (C=O) groups excluding carboxylic acids is 1. The molecule has 61 heavy (non-hydrogen) atoms. The number of carboxylic acids is 2. The van der Waals surface area contributed by atoms with Crippen LogP contribution in [0.1, 0.15) is 47.8 Å². The molecule has 6 aromatic rings. The average molecular weight is 1130 g/mol. The molecule has 0 fully saturated rings. The third-order valence-electron chi connectivity index (χ3n) is 8.02. The standard InChI is InChI=1S/C14H8BrF3O.2C14H9F3O2.Br3P/c15-13(19)12-4-2-1-3-11(12)9-5-7-10(8-6-9)14(16,17)18;2*15-14(16,17)10-7-5-9(6-8-10)11-3-1-2-4-12(11)13(18)19;1-4(2)3/h1-8H;2*1-8H,(H,18,19);. The lowest BCUT2D eigenvalue weighted by atomic mass is 9.99. The van der Waals surface area contributed by atoms with Crippen molar-refractivity contribution in [2.45, 2.75) is 18.5 Å². The molecule has 0 amide bonds. The maximum absolute atomic E-state index is 12.5. The van der Waals surface area contributed by atoms with Crippen molar-refractivity contribution >= 4 is 83.1 Å². The molecule has 0 atom stereocenters. The summed E-state index contributed by atoms with van der Waals surface area (Å²) < 4.78 is 112. The molecule has 6 rings (SSSR count). The first-order valence-corrected chi connectivity index (χ1v) is 24.8. The fraction of sp³-hybridized carbons (Fsp3) is 0.0714. The molecule has 0 spiro atoms. The van der Waals surface area contributed by atoms with Gasteiger partial charge in [-0.2, -0.15) is 39.5 Å². The van der Waals surface area contributed by atoms with Crippen LogP contribution in [0.15, 0.2) is 146 Å². The Labute approximate surface area is 375 Å². The molecule has 6 aromatic carbocycles. The van der Waals surface area contributed by atoms with Crippen LogP contribution < -0.4 is 0 Å². The quantitative estimate of drug-likeness (QED) is 0.0985. The Morgan fingerprint density at radius 1 is 0.393 bits per heavy atom. The largest absolute Gasteiger partial charge is 0.478 e. The van der Waals surface area contributed by atoms with Crippen LogP contribution in [-0.4, -0.2) is 26.8 Å². The van der Waals surface area contributed by atoms with E-state index in [1.54, 1.807) is 60.7 Å². The van der Waals surface area contributed by atoms with Gasteiger partial charge in [0.25, 0.3) is 0 Å². The lowest BCUT2D eigenvalue weighted by molar-refractivity contribution is -0.138. The number of hydrogen-bond donors (Lipinski definition) is 2. The number of halogens is 13. The topological polar surface area (TPSA) is 91.7 Å². The molecular formula is C42H26Br4F9O5P. The zero-order chi connectivity index (χ0) is 45.7. The number of carbonyl (C=O) groups is 3. The second-order valence-corrected chi connectivity index (χ2v) is 28.0. The molecule has 0 radical (unpaired) electrons. The summed E-state index contributed by atoms with van der Waals surface area (Å²) in [4.78, 5) is 33.5. The van der Waals surface area contributed by atoms with E-state index in [0.717, 1.165) is 36.4 Å². The lowest BCUT2D eigenvalue weighted by Gasteiger charge is -2.09. The fourth-order valence-electron chi connectivity index (χ4n) is 5.27. The van der Waals surface area contributed by atoms with Crippen molar-refractivity contribution in [3.8, 4) is 33.4 Å². The van der Waals surface area contributed by atoms with E-state index in [9.17, 15) is 53.9 Å². The average Bonchev–Trinajstić information content (AvgIpc) is 3.20. The van der Waals surface area contributed by atoms with Gasteiger partial charge in [-0.3, -0.25) is 4.79 Å². The third kappa shape index (κ3) is 15.8. The summed E-state index contributed by atoms with van der Waals surface area (Å²) in [5.41, 5.74) is 1.12. The third-order valence-corrected chi connectivity index (χ3v) is 8.45. The van der Waals surface area contributed by atoms with Gasteiger partial charge in [-0.25, -0.2) is 9.59 Å². The van der Waals surface area contributed by atoms with Gasteiger partial charge in [0, 0.05) is 5.56 Å². The molecule has 2 N–H and O–H groups in total. The smallest absolute Gasteiger partial charge is 0.416 e. The van der Waals surface area contributed by atoms with E-state index in [1.807, 2.05) is 0 Å². The molecular weight excluding hydrogens is 1110 g/mol. The number of alkyl halides is 9.